The van der Waals surface area contributed by atoms with Crippen molar-refractivity contribution in [2.75, 3.05) is 6.61 Å². The minimum Gasteiger partial charge on any atom is -0.490 e. The van der Waals surface area contributed by atoms with E-state index in [4.69, 9.17) is 9.47 Å². The maximum Gasteiger partial charge on any atom is 0.205 e. The van der Waals surface area contributed by atoms with E-state index in [0.29, 0.717) is 41.6 Å². The number of benzene rings is 2. The highest BCUT2D eigenvalue weighted by Gasteiger charge is 2.29. The standard InChI is InChI=1S/C25H27F3O2/c1-3-5-17-10-11-18-12-19-13-20(29-14-16-8-6-15(4-2)7-9-16)22(27)23(28)25(19)30-24(18)21(17)26/h4,10-11,13,15-16H,2-3,5-9,12,14H2,1H3. The van der Waals surface area contributed by atoms with Crippen molar-refractivity contribution in [3.8, 4) is 17.2 Å². The van der Waals surface area contributed by atoms with Gasteiger partial charge in [-0.3, -0.25) is 0 Å². The summed E-state index contributed by atoms with van der Waals surface area (Å²) in [6.45, 7) is 6.15. The third-order valence-corrected chi connectivity index (χ3v) is 6.27. The molecule has 0 amide bonds. The molecule has 0 bridgehead atoms. The van der Waals surface area contributed by atoms with Crippen molar-refractivity contribution in [1.29, 1.82) is 0 Å². The molecule has 160 valence electrons. The van der Waals surface area contributed by atoms with Crippen LogP contribution in [0.25, 0.3) is 0 Å². The highest BCUT2D eigenvalue weighted by Crippen LogP contribution is 2.43. The molecular formula is C25H27F3O2. The zero-order valence-corrected chi connectivity index (χ0v) is 17.3. The van der Waals surface area contributed by atoms with Gasteiger partial charge in [0.25, 0.3) is 0 Å². The molecule has 2 aliphatic rings. The normalized spacial score (nSPS) is 20.1. The van der Waals surface area contributed by atoms with Crippen molar-refractivity contribution >= 4 is 0 Å². The summed E-state index contributed by atoms with van der Waals surface area (Å²) in [6, 6.07) is 5.03. The molecule has 2 aromatic rings. The minimum atomic E-state index is -1.12. The molecule has 2 nitrogen and oxygen atoms in total. The van der Waals surface area contributed by atoms with E-state index < -0.39 is 17.5 Å². The summed E-state index contributed by atoms with van der Waals surface area (Å²) in [5.41, 5.74) is 1.61. The second-order valence-corrected chi connectivity index (χ2v) is 8.37. The molecule has 0 unspecified atom stereocenters. The monoisotopic (exact) mass is 416 g/mol. The third kappa shape index (κ3) is 3.94. The van der Waals surface area contributed by atoms with Crippen molar-refractivity contribution in [1.82, 2.24) is 0 Å². The predicted octanol–water partition coefficient (Wildman–Crippen LogP) is 7.12. The molecule has 0 N–H and O–H groups in total. The first kappa shape index (κ1) is 20.8. The van der Waals surface area contributed by atoms with Gasteiger partial charge in [-0.1, -0.05) is 31.6 Å². The summed E-state index contributed by atoms with van der Waals surface area (Å²) in [7, 11) is 0. The van der Waals surface area contributed by atoms with Gasteiger partial charge in [0.2, 0.25) is 11.6 Å². The van der Waals surface area contributed by atoms with Crippen LogP contribution in [0, 0.1) is 29.3 Å². The van der Waals surface area contributed by atoms with Crippen LogP contribution in [0.15, 0.2) is 30.9 Å². The number of aryl methyl sites for hydroxylation is 1. The Morgan fingerprint density at radius 2 is 1.77 bits per heavy atom. The van der Waals surface area contributed by atoms with Crippen LogP contribution in [0.1, 0.15) is 55.7 Å². The van der Waals surface area contributed by atoms with Crippen LogP contribution in [0.3, 0.4) is 0 Å². The number of halogens is 3. The number of ether oxygens (including phenoxy) is 2. The Balaban J connectivity index is 1.53. The summed E-state index contributed by atoms with van der Waals surface area (Å²) >= 11 is 0. The highest BCUT2D eigenvalue weighted by molar-refractivity contribution is 5.54. The van der Waals surface area contributed by atoms with E-state index in [1.807, 2.05) is 13.0 Å². The van der Waals surface area contributed by atoms with Gasteiger partial charge in [0.1, 0.15) is 0 Å². The van der Waals surface area contributed by atoms with E-state index >= 15 is 0 Å². The van der Waals surface area contributed by atoms with Crippen LogP contribution in [-0.2, 0) is 12.8 Å². The molecule has 0 atom stereocenters. The van der Waals surface area contributed by atoms with Gasteiger partial charge in [-0.15, -0.1) is 6.58 Å². The summed E-state index contributed by atoms with van der Waals surface area (Å²) in [4.78, 5) is 0. The molecule has 2 aromatic carbocycles. The van der Waals surface area contributed by atoms with Gasteiger partial charge < -0.3 is 9.47 Å². The molecule has 0 saturated heterocycles. The Morgan fingerprint density at radius 1 is 1.03 bits per heavy atom. The lowest BCUT2D eigenvalue weighted by atomic mass is 9.82. The lowest BCUT2D eigenvalue weighted by Gasteiger charge is -2.27. The van der Waals surface area contributed by atoms with Crippen LogP contribution in [0.2, 0.25) is 0 Å². The van der Waals surface area contributed by atoms with Crippen molar-refractivity contribution in [3.63, 3.8) is 0 Å². The number of rotatable bonds is 6. The first-order chi connectivity index (χ1) is 14.5. The Morgan fingerprint density at radius 3 is 2.47 bits per heavy atom. The molecule has 1 aliphatic heterocycles. The van der Waals surface area contributed by atoms with Crippen molar-refractivity contribution in [2.45, 2.75) is 51.9 Å². The van der Waals surface area contributed by atoms with E-state index in [1.54, 1.807) is 12.1 Å². The highest BCUT2D eigenvalue weighted by atomic mass is 19.2. The van der Waals surface area contributed by atoms with Crippen LogP contribution in [-0.4, -0.2) is 6.61 Å². The summed E-state index contributed by atoms with van der Waals surface area (Å²) in [5.74, 6) is -2.18. The van der Waals surface area contributed by atoms with Crippen molar-refractivity contribution in [2.24, 2.45) is 11.8 Å². The van der Waals surface area contributed by atoms with Gasteiger partial charge in [0.15, 0.2) is 23.1 Å². The number of allylic oxidation sites excluding steroid dienone is 1. The lowest BCUT2D eigenvalue weighted by molar-refractivity contribution is 0.187. The molecule has 1 aliphatic carbocycles. The first-order valence-electron chi connectivity index (χ1n) is 10.8. The molecule has 5 heteroatoms. The summed E-state index contributed by atoms with van der Waals surface area (Å²) < 4.78 is 55.4. The molecule has 4 rings (SSSR count). The summed E-state index contributed by atoms with van der Waals surface area (Å²) in [6.07, 6.45) is 7.68. The van der Waals surface area contributed by atoms with Crippen molar-refractivity contribution < 1.29 is 22.6 Å². The van der Waals surface area contributed by atoms with Crippen LogP contribution < -0.4 is 9.47 Å². The molecule has 1 heterocycles. The molecule has 1 saturated carbocycles. The molecular weight excluding hydrogens is 389 g/mol. The molecule has 1 fully saturated rings. The molecule has 0 spiro atoms. The lowest BCUT2D eigenvalue weighted by Crippen LogP contribution is -2.20. The maximum absolute atomic E-state index is 14.8. The SMILES string of the molecule is C=CC1CCC(COc2cc3c(c(F)c2F)Oc2c(ccc(CCC)c2F)C3)CC1. The Labute approximate surface area is 175 Å². The van der Waals surface area contributed by atoms with E-state index in [2.05, 4.69) is 6.58 Å². The largest absolute Gasteiger partial charge is 0.490 e. The second kappa shape index (κ2) is 8.75. The quantitative estimate of drug-likeness (QED) is 0.398. The van der Waals surface area contributed by atoms with Crippen LogP contribution in [0.5, 0.6) is 17.2 Å². The third-order valence-electron chi connectivity index (χ3n) is 6.27. The molecule has 0 radical (unpaired) electrons. The van der Waals surface area contributed by atoms with E-state index in [9.17, 15) is 13.2 Å². The first-order valence-corrected chi connectivity index (χ1v) is 10.8. The fourth-order valence-electron chi connectivity index (χ4n) is 4.44. The van der Waals surface area contributed by atoms with Gasteiger partial charge in [0, 0.05) is 17.5 Å². The number of hydrogen-bond donors (Lipinski definition) is 0. The van der Waals surface area contributed by atoms with Gasteiger partial charge in [0.05, 0.1) is 6.61 Å². The minimum absolute atomic E-state index is 0.000558. The average molecular weight is 416 g/mol. The Bertz CT molecular complexity index is 946. The van der Waals surface area contributed by atoms with Gasteiger partial charge in [-0.2, -0.15) is 8.78 Å². The van der Waals surface area contributed by atoms with E-state index in [0.717, 1.165) is 32.1 Å². The fraction of sp³-hybridized carbons (Fsp3) is 0.440. The smallest absolute Gasteiger partial charge is 0.205 e. The zero-order valence-electron chi connectivity index (χ0n) is 17.3. The second-order valence-electron chi connectivity index (χ2n) is 8.37. The van der Waals surface area contributed by atoms with Crippen molar-refractivity contribution in [3.05, 3.63) is 65.0 Å². The van der Waals surface area contributed by atoms with Gasteiger partial charge in [-0.25, -0.2) is 4.39 Å². The average Bonchev–Trinajstić information content (AvgIpc) is 2.77. The van der Waals surface area contributed by atoms with Gasteiger partial charge >= 0.3 is 0 Å². The topological polar surface area (TPSA) is 18.5 Å². The van der Waals surface area contributed by atoms with Gasteiger partial charge in [-0.05, 0) is 55.6 Å². The van der Waals surface area contributed by atoms with E-state index in [-0.39, 0.29) is 23.7 Å². The van der Waals surface area contributed by atoms with Crippen LogP contribution in [0.4, 0.5) is 13.2 Å². The fourth-order valence-corrected chi connectivity index (χ4v) is 4.44. The summed E-state index contributed by atoms with van der Waals surface area (Å²) in [5, 5.41) is 0. The predicted molar refractivity (Wildman–Crippen MR) is 111 cm³/mol. The van der Waals surface area contributed by atoms with Crippen LogP contribution >= 0.6 is 0 Å². The Hall–Kier alpha value is -2.43. The number of fused-ring (bicyclic) bond motifs is 2. The maximum atomic E-state index is 14.8. The molecule has 0 aromatic heterocycles. The van der Waals surface area contributed by atoms with E-state index in [1.165, 1.54) is 6.07 Å². The number of hydrogen-bond acceptors (Lipinski definition) is 2. The Kier molecular flexibility index (Phi) is 6.07. The molecule has 30 heavy (non-hydrogen) atoms. The zero-order chi connectivity index (χ0) is 21.3.